The van der Waals surface area contributed by atoms with Crippen LogP contribution in [0.25, 0.3) is 43.3 Å². The fourth-order valence-electron chi connectivity index (χ4n) is 6.36. The van der Waals surface area contributed by atoms with Gasteiger partial charge >= 0.3 is 0 Å². The summed E-state index contributed by atoms with van der Waals surface area (Å²) in [5, 5.41) is 3.18. The number of carbonyl (C=O) groups excluding carboxylic acids is 1. The third-order valence-corrected chi connectivity index (χ3v) is 8.81. The average molecular weight is 602 g/mol. The fourth-order valence-corrected chi connectivity index (χ4v) is 6.63. The van der Waals surface area contributed by atoms with E-state index < -0.39 is 0 Å². The number of anilines is 1. The van der Waals surface area contributed by atoms with E-state index in [2.05, 4.69) is 35.2 Å². The second-order valence-corrected chi connectivity index (χ2v) is 11.9. The van der Waals surface area contributed by atoms with Gasteiger partial charge in [0.2, 0.25) is 5.91 Å². The molecule has 220 valence electrons. The zero-order valence-corrected chi connectivity index (χ0v) is 25.7. The van der Waals surface area contributed by atoms with Crippen molar-refractivity contribution < 1.29 is 4.79 Å². The van der Waals surface area contributed by atoms with Crippen LogP contribution in [-0.4, -0.2) is 46.0 Å². The van der Waals surface area contributed by atoms with Crippen molar-refractivity contribution in [2.75, 3.05) is 24.5 Å². The standard InChI is InChI=1S/C36H32ClN5O2/c1-6-33(43)40-16-17-41(23(4)21-40)35-28-18-30(37)27(26-12-9-10-24-14-15-39-20-29(24)26)19-32(28)42(36(44)34(35)38-5)31-13-8-7-11-25(31)22(2)3/h6-15,18-20,22-23H,1,16-17,21H2,2-4H3/t23-/m0/s1. The molecule has 6 rings (SSSR count). The number of benzene rings is 3. The summed E-state index contributed by atoms with van der Waals surface area (Å²) in [6.07, 6.45) is 4.90. The molecule has 0 spiro atoms. The van der Waals surface area contributed by atoms with E-state index in [1.54, 1.807) is 15.7 Å². The Kier molecular flexibility index (Phi) is 7.71. The third-order valence-electron chi connectivity index (χ3n) is 8.50. The molecule has 1 fully saturated rings. The molecule has 1 aliphatic heterocycles. The number of nitrogens with zero attached hydrogens (tertiary/aromatic N) is 5. The van der Waals surface area contributed by atoms with Crippen LogP contribution in [0.5, 0.6) is 0 Å². The maximum absolute atomic E-state index is 14.5. The van der Waals surface area contributed by atoms with Crippen molar-refractivity contribution in [3.8, 4) is 16.8 Å². The van der Waals surface area contributed by atoms with Gasteiger partial charge in [-0.3, -0.25) is 19.1 Å². The minimum Gasteiger partial charge on any atom is -0.373 e. The Morgan fingerprint density at radius 1 is 1.09 bits per heavy atom. The van der Waals surface area contributed by atoms with Crippen molar-refractivity contribution in [2.24, 2.45) is 0 Å². The SMILES string of the molecule is [C-]#[N+]c1c(N2CCN(C(=O)C=C)C[C@@H]2C)c2cc(Cl)c(-c3cccc4ccncc34)cc2n(-c2ccccc2C(C)C)c1=O. The van der Waals surface area contributed by atoms with Crippen LogP contribution in [0.4, 0.5) is 11.4 Å². The second-order valence-electron chi connectivity index (χ2n) is 11.4. The lowest BCUT2D eigenvalue weighted by Gasteiger charge is -2.42. The number of carbonyl (C=O) groups is 1. The van der Waals surface area contributed by atoms with Gasteiger partial charge in [0.05, 0.1) is 23.5 Å². The molecular formula is C36H32ClN5O2. The monoisotopic (exact) mass is 601 g/mol. The molecule has 1 saturated heterocycles. The van der Waals surface area contributed by atoms with Crippen LogP contribution in [0.15, 0.2) is 90.5 Å². The first-order valence-corrected chi connectivity index (χ1v) is 15.0. The molecule has 0 N–H and O–H groups in total. The van der Waals surface area contributed by atoms with Gasteiger partial charge in [-0.05, 0) is 59.7 Å². The van der Waals surface area contributed by atoms with Crippen LogP contribution >= 0.6 is 11.6 Å². The Morgan fingerprint density at radius 2 is 1.89 bits per heavy atom. The smallest absolute Gasteiger partial charge is 0.274 e. The van der Waals surface area contributed by atoms with Gasteiger partial charge in [-0.1, -0.05) is 68.4 Å². The Bertz CT molecular complexity index is 2050. The molecule has 7 nitrogen and oxygen atoms in total. The Balaban J connectivity index is 1.70. The summed E-state index contributed by atoms with van der Waals surface area (Å²) >= 11 is 7.12. The molecule has 8 heteroatoms. The number of rotatable bonds is 5. The average Bonchev–Trinajstić information content (AvgIpc) is 3.03. The first kappa shape index (κ1) is 29.2. The summed E-state index contributed by atoms with van der Waals surface area (Å²) in [4.78, 5) is 38.9. The highest BCUT2D eigenvalue weighted by Crippen LogP contribution is 2.43. The van der Waals surface area contributed by atoms with Gasteiger partial charge in [-0.25, -0.2) is 4.85 Å². The largest absolute Gasteiger partial charge is 0.373 e. The molecule has 0 aliphatic carbocycles. The molecular weight excluding hydrogens is 570 g/mol. The Hall–Kier alpha value is -4.93. The molecule has 0 unspecified atom stereocenters. The second kappa shape index (κ2) is 11.6. The molecule has 5 aromatic rings. The van der Waals surface area contributed by atoms with Gasteiger partial charge in [-0.2, -0.15) is 0 Å². The van der Waals surface area contributed by atoms with Crippen LogP contribution in [0.2, 0.25) is 5.02 Å². The van der Waals surface area contributed by atoms with E-state index in [0.717, 1.165) is 33.2 Å². The van der Waals surface area contributed by atoms with Gasteiger partial charge in [0.1, 0.15) is 0 Å². The van der Waals surface area contributed by atoms with Crippen molar-refractivity contribution in [3.05, 3.63) is 118 Å². The molecule has 2 aromatic heterocycles. The van der Waals surface area contributed by atoms with E-state index in [4.69, 9.17) is 18.2 Å². The number of hydrogen-bond acceptors (Lipinski definition) is 4. The Morgan fingerprint density at radius 3 is 2.61 bits per heavy atom. The minimum atomic E-state index is -0.389. The first-order chi connectivity index (χ1) is 21.2. The number of fused-ring (bicyclic) bond motifs is 2. The lowest BCUT2D eigenvalue weighted by molar-refractivity contribution is -0.126. The van der Waals surface area contributed by atoms with Crippen LogP contribution in [0.3, 0.4) is 0 Å². The number of para-hydroxylation sites is 1. The first-order valence-electron chi connectivity index (χ1n) is 14.6. The van der Waals surface area contributed by atoms with E-state index in [-0.39, 0.29) is 29.1 Å². The molecule has 44 heavy (non-hydrogen) atoms. The van der Waals surface area contributed by atoms with Crippen LogP contribution in [0, 0.1) is 6.57 Å². The molecule has 0 bridgehead atoms. The number of hydrogen-bond donors (Lipinski definition) is 0. The normalized spacial score (nSPS) is 15.1. The van der Waals surface area contributed by atoms with E-state index >= 15 is 0 Å². The Labute approximate surface area is 261 Å². The topological polar surface area (TPSA) is 62.8 Å². The molecule has 3 heterocycles. The number of amides is 1. The van der Waals surface area contributed by atoms with Crippen molar-refractivity contribution >= 4 is 50.6 Å². The van der Waals surface area contributed by atoms with Gasteiger partial charge in [0.25, 0.3) is 11.2 Å². The van der Waals surface area contributed by atoms with E-state index in [0.29, 0.717) is 41.2 Å². The summed E-state index contributed by atoms with van der Waals surface area (Å²) in [6.45, 7) is 19.4. The summed E-state index contributed by atoms with van der Waals surface area (Å²) in [7, 11) is 0. The zero-order valence-electron chi connectivity index (χ0n) is 24.9. The van der Waals surface area contributed by atoms with Gasteiger partial charge in [-0.15, -0.1) is 0 Å². The highest BCUT2D eigenvalue weighted by Gasteiger charge is 2.31. The van der Waals surface area contributed by atoms with Crippen molar-refractivity contribution in [3.63, 3.8) is 0 Å². The third kappa shape index (κ3) is 4.82. The molecule has 0 saturated carbocycles. The number of pyridine rings is 2. The molecule has 1 amide bonds. The summed E-state index contributed by atoms with van der Waals surface area (Å²) in [5.41, 5.74) is 4.24. The quantitative estimate of drug-likeness (QED) is 0.153. The molecule has 0 radical (unpaired) electrons. The molecule has 1 aliphatic rings. The number of aromatic nitrogens is 2. The van der Waals surface area contributed by atoms with E-state index in [1.807, 2.05) is 73.8 Å². The predicted octanol–water partition coefficient (Wildman–Crippen LogP) is 7.76. The number of piperazine rings is 1. The molecule has 1 atom stereocenters. The van der Waals surface area contributed by atoms with Gasteiger partial charge in [0, 0.05) is 59.4 Å². The van der Waals surface area contributed by atoms with Crippen molar-refractivity contribution in [2.45, 2.75) is 32.7 Å². The van der Waals surface area contributed by atoms with Crippen molar-refractivity contribution in [1.29, 1.82) is 0 Å². The summed E-state index contributed by atoms with van der Waals surface area (Å²) in [5.74, 6) is 0.000333. The lowest BCUT2D eigenvalue weighted by atomic mass is 9.96. The van der Waals surface area contributed by atoms with Gasteiger partial charge < -0.3 is 9.80 Å². The van der Waals surface area contributed by atoms with Crippen molar-refractivity contribution in [1.82, 2.24) is 14.5 Å². The van der Waals surface area contributed by atoms with E-state index in [9.17, 15) is 9.59 Å². The van der Waals surface area contributed by atoms with Crippen LogP contribution in [0.1, 0.15) is 32.3 Å². The molecule has 3 aromatic carbocycles. The highest BCUT2D eigenvalue weighted by atomic mass is 35.5. The zero-order chi connectivity index (χ0) is 31.1. The fraction of sp³-hybridized carbons (Fsp3) is 0.222. The maximum atomic E-state index is 14.5. The summed E-state index contributed by atoms with van der Waals surface area (Å²) < 4.78 is 1.67. The number of halogens is 1. The van der Waals surface area contributed by atoms with Crippen LogP contribution in [-0.2, 0) is 4.79 Å². The van der Waals surface area contributed by atoms with E-state index in [1.165, 1.54) is 6.08 Å². The predicted molar refractivity (Wildman–Crippen MR) is 179 cm³/mol. The summed E-state index contributed by atoms with van der Waals surface area (Å²) in [6, 6.07) is 19.5. The van der Waals surface area contributed by atoms with Crippen LogP contribution < -0.4 is 10.5 Å². The lowest BCUT2D eigenvalue weighted by Crippen LogP contribution is -2.53. The maximum Gasteiger partial charge on any atom is 0.274 e. The van der Waals surface area contributed by atoms with Gasteiger partial charge in [0.15, 0.2) is 0 Å². The highest BCUT2D eigenvalue weighted by molar-refractivity contribution is 6.35. The minimum absolute atomic E-state index is 0.0320.